The molecule has 39 heavy (non-hydrogen) atoms. The third-order valence-electron chi connectivity index (χ3n) is 6.09. The van der Waals surface area contributed by atoms with Gasteiger partial charge in [-0.05, 0) is 59.5 Å². The van der Waals surface area contributed by atoms with Gasteiger partial charge in [-0.3, -0.25) is 4.79 Å². The number of aromatic nitrogens is 1. The molecule has 10 heteroatoms. The molecule has 1 amide bonds. The van der Waals surface area contributed by atoms with Crippen LogP contribution in [0.1, 0.15) is 11.7 Å². The highest BCUT2D eigenvalue weighted by molar-refractivity contribution is 7.89. The van der Waals surface area contributed by atoms with E-state index in [0.29, 0.717) is 44.4 Å². The number of carbonyl (C=O) groups excluding carboxylic acids is 1. The molecule has 1 unspecified atom stereocenters. The predicted octanol–water partition coefficient (Wildman–Crippen LogP) is 5.54. The molecule has 0 saturated carbocycles. The molecule has 196 valence electrons. The summed E-state index contributed by atoms with van der Waals surface area (Å²) < 4.78 is 30.2. The minimum absolute atomic E-state index is 0.0178. The molecule has 0 aliphatic heterocycles. The van der Waals surface area contributed by atoms with Crippen LogP contribution in [0.3, 0.4) is 0 Å². The maximum absolute atomic E-state index is 13.5. The Balaban J connectivity index is 1.42. The zero-order valence-corrected chi connectivity index (χ0v) is 22.0. The average molecular weight is 559 g/mol. The third-order valence-corrected chi connectivity index (χ3v) is 7.31. The van der Waals surface area contributed by atoms with Gasteiger partial charge in [0.1, 0.15) is 11.6 Å². The van der Waals surface area contributed by atoms with Crippen LogP contribution in [0.4, 0.5) is 11.5 Å². The van der Waals surface area contributed by atoms with Gasteiger partial charge in [-0.2, -0.15) is 0 Å². The van der Waals surface area contributed by atoms with E-state index in [1.54, 1.807) is 85.1 Å². The van der Waals surface area contributed by atoms with Crippen molar-refractivity contribution in [1.82, 2.24) is 4.98 Å². The second kappa shape index (κ2) is 10.7. The number of nitrogens with two attached hydrogens (primary N) is 2. The lowest BCUT2D eigenvalue weighted by Crippen LogP contribution is -2.25. The average Bonchev–Trinajstić information content (AvgIpc) is 2.93. The zero-order valence-electron chi connectivity index (χ0n) is 20.4. The Kier molecular flexibility index (Phi) is 7.21. The number of nitrogens with one attached hydrogen (secondary N) is 1. The van der Waals surface area contributed by atoms with Crippen LogP contribution in [0.25, 0.3) is 21.9 Å². The Bertz CT molecular complexity index is 1780. The summed E-state index contributed by atoms with van der Waals surface area (Å²) in [6, 6.07) is 27.2. The van der Waals surface area contributed by atoms with Crippen LogP contribution >= 0.6 is 11.6 Å². The number of fused-ring (bicyclic) bond motifs is 1. The molecule has 5 aromatic rings. The standard InChI is InChI=1S/C29H23ClN4O4S/c30-21-10-5-20(6-11-21)27(38-23-14-9-19-15-16-33-28(31)25(19)17-23)29(35)34-22-12-7-18(8-13-22)24-3-1-2-4-26(24)39(32,36)37/h1-17,27H,(H2,31,33)(H,34,35)(H2,32,36,37). The number of sulfonamides is 1. The second-order valence-corrected chi connectivity index (χ2v) is 10.7. The first-order valence-corrected chi connectivity index (χ1v) is 13.7. The molecule has 0 radical (unpaired) electrons. The Hall–Kier alpha value is -4.44. The van der Waals surface area contributed by atoms with E-state index in [1.165, 1.54) is 6.07 Å². The maximum Gasteiger partial charge on any atom is 0.270 e. The molecule has 1 heterocycles. The Morgan fingerprint density at radius 2 is 1.64 bits per heavy atom. The topological polar surface area (TPSA) is 137 Å². The number of amides is 1. The van der Waals surface area contributed by atoms with Gasteiger partial charge in [0.2, 0.25) is 16.1 Å². The highest BCUT2D eigenvalue weighted by Gasteiger charge is 2.24. The van der Waals surface area contributed by atoms with E-state index >= 15 is 0 Å². The Morgan fingerprint density at radius 3 is 2.36 bits per heavy atom. The number of primary sulfonamides is 1. The van der Waals surface area contributed by atoms with Crippen LogP contribution in [0, 0.1) is 0 Å². The predicted molar refractivity (Wildman–Crippen MR) is 153 cm³/mol. The lowest BCUT2D eigenvalue weighted by Gasteiger charge is -2.20. The van der Waals surface area contributed by atoms with Gasteiger partial charge < -0.3 is 15.8 Å². The summed E-state index contributed by atoms with van der Waals surface area (Å²) in [4.78, 5) is 17.6. The molecule has 5 N–H and O–H groups in total. The molecule has 0 aliphatic rings. The zero-order chi connectivity index (χ0) is 27.6. The van der Waals surface area contributed by atoms with Gasteiger partial charge in [0.15, 0.2) is 0 Å². The normalized spacial score (nSPS) is 12.2. The van der Waals surface area contributed by atoms with Crippen molar-refractivity contribution in [3.05, 3.63) is 114 Å². The number of halogens is 1. The van der Waals surface area contributed by atoms with Crippen LogP contribution in [-0.2, 0) is 14.8 Å². The van der Waals surface area contributed by atoms with E-state index in [0.717, 1.165) is 5.39 Å². The first-order chi connectivity index (χ1) is 18.7. The molecule has 1 aromatic heterocycles. The quantitative estimate of drug-likeness (QED) is 0.240. The fourth-order valence-electron chi connectivity index (χ4n) is 4.18. The fourth-order valence-corrected chi connectivity index (χ4v) is 5.07. The third kappa shape index (κ3) is 5.85. The monoisotopic (exact) mass is 558 g/mol. The molecule has 1 atom stereocenters. The molecule has 0 spiro atoms. The number of nitrogens with zero attached hydrogens (tertiary/aromatic N) is 1. The van der Waals surface area contributed by atoms with Crippen molar-refractivity contribution in [2.45, 2.75) is 11.0 Å². The van der Waals surface area contributed by atoms with Crippen molar-refractivity contribution in [3.8, 4) is 16.9 Å². The SMILES string of the molecule is Nc1nccc2ccc(OC(C(=O)Nc3ccc(-c4ccccc4S(N)(=O)=O)cc3)c3ccc(Cl)cc3)cc12. The minimum atomic E-state index is -3.91. The molecule has 0 aliphatic carbocycles. The lowest BCUT2D eigenvalue weighted by atomic mass is 10.0. The van der Waals surface area contributed by atoms with Gasteiger partial charge in [0, 0.05) is 33.4 Å². The van der Waals surface area contributed by atoms with Crippen molar-refractivity contribution >= 4 is 49.8 Å². The van der Waals surface area contributed by atoms with Crippen LogP contribution in [0.5, 0.6) is 5.75 Å². The van der Waals surface area contributed by atoms with Crippen LogP contribution in [-0.4, -0.2) is 19.3 Å². The number of pyridine rings is 1. The number of nitrogen functional groups attached to an aromatic ring is 1. The number of anilines is 2. The summed E-state index contributed by atoms with van der Waals surface area (Å²) in [5.74, 6) is 0.371. The van der Waals surface area contributed by atoms with E-state index in [-0.39, 0.29) is 4.90 Å². The first kappa shape index (κ1) is 26.2. The second-order valence-electron chi connectivity index (χ2n) is 8.74. The fraction of sp³-hybridized carbons (Fsp3) is 0.0345. The van der Waals surface area contributed by atoms with E-state index in [4.69, 9.17) is 27.2 Å². The first-order valence-electron chi connectivity index (χ1n) is 11.8. The van der Waals surface area contributed by atoms with Crippen molar-refractivity contribution in [1.29, 1.82) is 0 Å². The molecule has 5 rings (SSSR count). The van der Waals surface area contributed by atoms with Crippen LogP contribution in [0.2, 0.25) is 5.02 Å². The van der Waals surface area contributed by atoms with E-state index < -0.39 is 22.0 Å². The maximum atomic E-state index is 13.5. The summed E-state index contributed by atoms with van der Waals surface area (Å²) in [5.41, 5.74) is 8.21. The Labute approximate surface area is 230 Å². The molecule has 8 nitrogen and oxygen atoms in total. The number of hydrogen-bond donors (Lipinski definition) is 3. The van der Waals surface area contributed by atoms with Crippen molar-refractivity contribution < 1.29 is 17.9 Å². The molecule has 0 bridgehead atoms. The molecule has 4 aromatic carbocycles. The van der Waals surface area contributed by atoms with Crippen molar-refractivity contribution in [2.24, 2.45) is 5.14 Å². The van der Waals surface area contributed by atoms with Crippen LogP contribution < -0.4 is 20.9 Å². The summed E-state index contributed by atoms with van der Waals surface area (Å²) >= 11 is 6.07. The van der Waals surface area contributed by atoms with Gasteiger partial charge in [-0.15, -0.1) is 0 Å². The number of carbonyl (C=O) groups is 1. The van der Waals surface area contributed by atoms with E-state index in [9.17, 15) is 13.2 Å². The highest BCUT2D eigenvalue weighted by Crippen LogP contribution is 2.31. The van der Waals surface area contributed by atoms with Gasteiger partial charge in [0.05, 0.1) is 4.90 Å². The summed E-state index contributed by atoms with van der Waals surface area (Å²) in [7, 11) is -3.91. The Morgan fingerprint density at radius 1 is 0.923 bits per heavy atom. The van der Waals surface area contributed by atoms with Gasteiger partial charge in [-0.1, -0.05) is 60.1 Å². The highest BCUT2D eigenvalue weighted by atomic mass is 35.5. The summed E-state index contributed by atoms with van der Waals surface area (Å²) in [6.07, 6.45) is 0.612. The number of benzene rings is 4. The van der Waals surface area contributed by atoms with Gasteiger partial charge >= 0.3 is 0 Å². The number of hydrogen-bond acceptors (Lipinski definition) is 6. The van der Waals surface area contributed by atoms with E-state index in [1.807, 2.05) is 12.1 Å². The lowest BCUT2D eigenvalue weighted by molar-refractivity contribution is -0.123. The number of rotatable bonds is 7. The summed E-state index contributed by atoms with van der Waals surface area (Å²) in [5, 5.41) is 10.4. The summed E-state index contributed by atoms with van der Waals surface area (Å²) in [6.45, 7) is 0. The van der Waals surface area contributed by atoms with Crippen molar-refractivity contribution in [2.75, 3.05) is 11.1 Å². The van der Waals surface area contributed by atoms with Crippen molar-refractivity contribution in [3.63, 3.8) is 0 Å². The van der Waals surface area contributed by atoms with Gasteiger partial charge in [0.25, 0.3) is 5.91 Å². The largest absolute Gasteiger partial charge is 0.476 e. The van der Waals surface area contributed by atoms with Gasteiger partial charge in [-0.25, -0.2) is 18.5 Å². The minimum Gasteiger partial charge on any atom is -0.476 e. The molecular weight excluding hydrogens is 536 g/mol. The molecule has 0 saturated heterocycles. The van der Waals surface area contributed by atoms with E-state index in [2.05, 4.69) is 10.3 Å². The molecule has 0 fully saturated rings. The van der Waals surface area contributed by atoms with Crippen LogP contribution in [0.15, 0.2) is 108 Å². The molecular formula is C29H23ClN4O4S. The number of ether oxygens (including phenoxy) is 1. The smallest absolute Gasteiger partial charge is 0.270 e.